The quantitative estimate of drug-likeness (QED) is 0.654. The van der Waals surface area contributed by atoms with Crippen LogP contribution in [0.15, 0.2) is 48.8 Å². The Bertz CT molecular complexity index is 633. The van der Waals surface area contributed by atoms with E-state index in [9.17, 15) is 0 Å². The number of nitrogens with zero attached hydrogens (tertiary/aromatic N) is 3. The average Bonchev–Trinajstić information content (AvgIpc) is 2.61. The number of benzene rings is 1. The maximum Gasteiger partial charge on any atom is 0.0970 e. The van der Waals surface area contributed by atoms with Gasteiger partial charge in [0.1, 0.15) is 0 Å². The number of hydrogen-bond donors (Lipinski definition) is 2. The Hall–Kier alpha value is -1.43. The molecule has 0 unspecified atom stereocenters. The summed E-state index contributed by atoms with van der Waals surface area (Å²) in [6.07, 6.45) is 7.85. The van der Waals surface area contributed by atoms with Crippen LogP contribution in [0.5, 0.6) is 0 Å². The van der Waals surface area contributed by atoms with Crippen molar-refractivity contribution in [3.63, 3.8) is 0 Å². The SMILES string of the molecule is SC(S)N1CCN(c2ccc(/C=C/c3ccncc3)cc2)CC1. The van der Waals surface area contributed by atoms with Crippen molar-refractivity contribution >= 4 is 43.1 Å². The topological polar surface area (TPSA) is 19.4 Å². The Balaban J connectivity index is 1.60. The van der Waals surface area contributed by atoms with E-state index in [2.05, 4.69) is 76.5 Å². The van der Waals surface area contributed by atoms with E-state index in [1.807, 2.05) is 24.5 Å². The first-order chi connectivity index (χ1) is 11.2. The minimum absolute atomic E-state index is 0.0397. The first kappa shape index (κ1) is 16.4. The molecule has 1 fully saturated rings. The summed E-state index contributed by atoms with van der Waals surface area (Å²) in [5, 5.41) is 0. The van der Waals surface area contributed by atoms with Crippen LogP contribution in [0.25, 0.3) is 12.2 Å². The second-order valence-corrected chi connectivity index (χ2v) is 6.96. The van der Waals surface area contributed by atoms with Gasteiger partial charge < -0.3 is 4.90 Å². The van der Waals surface area contributed by atoms with E-state index in [0.717, 1.165) is 31.7 Å². The largest absolute Gasteiger partial charge is 0.369 e. The number of thiol groups is 2. The molecule has 2 aromatic rings. The van der Waals surface area contributed by atoms with Gasteiger partial charge >= 0.3 is 0 Å². The second-order valence-electron chi connectivity index (χ2n) is 5.57. The summed E-state index contributed by atoms with van der Waals surface area (Å²) in [7, 11) is 0. The van der Waals surface area contributed by atoms with Crippen LogP contribution in [-0.2, 0) is 0 Å². The van der Waals surface area contributed by atoms with Crippen LogP contribution in [0.2, 0.25) is 0 Å². The van der Waals surface area contributed by atoms with E-state index < -0.39 is 0 Å². The van der Waals surface area contributed by atoms with Gasteiger partial charge in [0, 0.05) is 44.3 Å². The van der Waals surface area contributed by atoms with Gasteiger partial charge in [0.2, 0.25) is 0 Å². The summed E-state index contributed by atoms with van der Waals surface area (Å²) in [6.45, 7) is 4.04. The Morgan fingerprint density at radius 1 is 0.826 bits per heavy atom. The molecular formula is C18H21N3S2. The van der Waals surface area contributed by atoms with Gasteiger partial charge in [-0.15, -0.1) is 25.3 Å². The third-order valence-corrected chi connectivity index (χ3v) is 4.73. The predicted molar refractivity (Wildman–Crippen MR) is 105 cm³/mol. The Morgan fingerprint density at radius 3 is 1.96 bits per heavy atom. The number of aromatic nitrogens is 1. The molecule has 23 heavy (non-hydrogen) atoms. The fraction of sp³-hybridized carbons (Fsp3) is 0.278. The van der Waals surface area contributed by atoms with Crippen LogP contribution in [-0.4, -0.2) is 40.8 Å². The van der Waals surface area contributed by atoms with Crippen LogP contribution in [0.4, 0.5) is 5.69 Å². The van der Waals surface area contributed by atoms with Gasteiger partial charge in [0.25, 0.3) is 0 Å². The number of anilines is 1. The van der Waals surface area contributed by atoms with Crippen LogP contribution < -0.4 is 4.90 Å². The molecule has 120 valence electrons. The maximum absolute atomic E-state index is 4.38. The first-order valence-electron chi connectivity index (χ1n) is 7.76. The normalized spacial score (nSPS) is 16.4. The fourth-order valence-electron chi connectivity index (χ4n) is 2.67. The molecule has 0 bridgehead atoms. The van der Waals surface area contributed by atoms with Crippen molar-refractivity contribution in [3.05, 3.63) is 59.9 Å². The molecular weight excluding hydrogens is 322 g/mol. The lowest BCUT2D eigenvalue weighted by atomic mass is 10.1. The van der Waals surface area contributed by atoms with Crippen molar-refractivity contribution in [2.24, 2.45) is 0 Å². The Kier molecular flexibility index (Phi) is 5.65. The number of piperazine rings is 1. The van der Waals surface area contributed by atoms with E-state index in [0.29, 0.717) is 0 Å². The predicted octanol–water partition coefficient (Wildman–Crippen LogP) is 3.52. The van der Waals surface area contributed by atoms with E-state index in [4.69, 9.17) is 0 Å². The molecule has 0 spiro atoms. The minimum Gasteiger partial charge on any atom is -0.369 e. The molecule has 3 rings (SSSR count). The van der Waals surface area contributed by atoms with Gasteiger partial charge in [-0.3, -0.25) is 9.88 Å². The summed E-state index contributed by atoms with van der Waals surface area (Å²) in [4.78, 5) is 8.71. The zero-order valence-corrected chi connectivity index (χ0v) is 14.7. The Labute approximate surface area is 148 Å². The highest BCUT2D eigenvalue weighted by Crippen LogP contribution is 2.20. The summed E-state index contributed by atoms with van der Waals surface area (Å²) in [5.41, 5.74) is 3.64. The second kappa shape index (κ2) is 7.90. The van der Waals surface area contributed by atoms with Crippen molar-refractivity contribution in [2.45, 2.75) is 4.71 Å². The van der Waals surface area contributed by atoms with E-state index in [-0.39, 0.29) is 4.71 Å². The molecule has 0 amide bonds. The highest BCUT2D eigenvalue weighted by molar-refractivity contribution is 7.99. The van der Waals surface area contributed by atoms with E-state index in [1.54, 1.807) is 0 Å². The number of pyridine rings is 1. The first-order valence-corrected chi connectivity index (χ1v) is 8.79. The molecule has 5 heteroatoms. The van der Waals surface area contributed by atoms with Gasteiger partial charge in [-0.2, -0.15) is 0 Å². The summed E-state index contributed by atoms with van der Waals surface area (Å²) in [5.74, 6) is 0. The van der Waals surface area contributed by atoms with Crippen LogP contribution in [0, 0.1) is 0 Å². The van der Waals surface area contributed by atoms with Crippen LogP contribution in [0.1, 0.15) is 11.1 Å². The van der Waals surface area contributed by atoms with E-state index >= 15 is 0 Å². The van der Waals surface area contributed by atoms with E-state index in [1.165, 1.54) is 11.3 Å². The lowest BCUT2D eigenvalue weighted by Crippen LogP contribution is -2.47. The highest BCUT2D eigenvalue weighted by Gasteiger charge is 2.19. The maximum atomic E-state index is 4.38. The third kappa shape index (κ3) is 4.53. The van der Waals surface area contributed by atoms with Crippen LogP contribution in [0.3, 0.4) is 0 Å². The van der Waals surface area contributed by atoms with Gasteiger partial charge in [0.15, 0.2) is 0 Å². The van der Waals surface area contributed by atoms with Gasteiger partial charge in [0.05, 0.1) is 4.71 Å². The summed E-state index contributed by atoms with van der Waals surface area (Å²) < 4.78 is 0.0397. The third-order valence-electron chi connectivity index (χ3n) is 4.07. The molecule has 0 saturated carbocycles. The lowest BCUT2D eigenvalue weighted by Gasteiger charge is -2.37. The molecule has 1 aliphatic rings. The number of rotatable bonds is 4. The molecule has 2 heterocycles. The molecule has 1 saturated heterocycles. The zero-order chi connectivity index (χ0) is 16.1. The summed E-state index contributed by atoms with van der Waals surface area (Å²) in [6, 6.07) is 12.7. The van der Waals surface area contributed by atoms with Crippen LogP contribution >= 0.6 is 25.3 Å². The van der Waals surface area contributed by atoms with Crippen molar-refractivity contribution in [3.8, 4) is 0 Å². The molecule has 0 N–H and O–H groups in total. The van der Waals surface area contributed by atoms with Gasteiger partial charge in [-0.25, -0.2) is 0 Å². The average molecular weight is 344 g/mol. The lowest BCUT2D eigenvalue weighted by molar-refractivity contribution is 0.287. The van der Waals surface area contributed by atoms with Gasteiger partial charge in [-0.1, -0.05) is 24.3 Å². The molecule has 3 nitrogen and oxygen atoms in total. The van der Waals surface area contributed by atoms with Crippen molar-refractivity contribution < 1.29 is 0 Å². The Morgan fingerprint density at radius 2 is 1.39 bits per heavy atom. The summed E-state index contributed by atoms with van der Waals surface area (Å²) >= 11 is 8.77. The molecule has 0 aliphatic carbocycles. The van der Waals surface area contributed by atoms with Gasteiger partial charge in [-0.05, 0) is 35.4 Å². The number of hydrogen-bond acceptors (Lipinski definition) is 5. The highest BCUT2D eigenvalue weighted by atomic mass is 32.2. The zero-order valence-electron chi connectivity index (χ0n) is 12.9. The molecule has 1 aromatic carbocycles. The smallest absolute Gasteiger partial charge is 0.0970 e. The molecule has 0 radical (unpaired) electrons. The fourth-order valence-corrected chi connectivity index (χ4v) is 3.14. The molecule has 0 atom stereocenters. The van der Waals surface area contributed by atoms with Crippen molar-refractivity contribution in [1.82, 2.24) is 9.88 Å². The minimum atomic E-state index is 0.0397. The monoisotopic (exact) mass is 343 g/mol. The van der Waals surface area contributed by atoms with Crippen molar-refractivity contribution in [2.75, 3.05) is 31.1 Å². The standard InChI is InChI=1S/C18H21N3S2/c22-18(23)21-13-11-20(12-14-21)17-5-3-15(4-6-17)1-2-16-7-9-19-10-8-16/h1-10,18,22-23H,11-14H2/b2-1+. The molecule has 1 aromatic heterocycles. The van der Waals surface area contributed by atoms with Crippen molar-refractivity contribution in [1.29, 1.82) is 0 Å². The molecule has 1 aliphatic heterocycles.